The van der Waals surface area contributed by atoms with E-state index in [-0.39, 0.29) is 31.9 Å². The summed E-state index contributed by atoms with van der Waals surface area (Å²) in [4.78, 5) is 40.5. The molecule has 4 rings (SSSR count). The van der Waals surface area contributed by atoms with Gasteiger partial charge >= 0.3 is 12.1 Å². The molecule has 0 radical (unpaired) electrons. The van der Waals surface area contributed by atoms with Crippen LogP contribution in [0.4, 0.5) is 4.79 Å². The number of carbonyl (C=O) groups is 3. The van der Waals surface area contributed by atoms with Gasteiger partial charge in [-0.05, 0) is 56.2 Å². The maximum atomic E-state index is 12.8. The molecule has 1 aliphatic rings. The first-order valence-electron chi connectivity index (χ1n) is 11.1. The van der Waals surface area contributed by atoms with Gasteiger partial charge in [-0.25, -0.2) is 4.79 Å². The van der Waals surface area contributed by atoms with Gasteiger partial charge in [-0.15, -0.1) is 0 Å². The van der Waals surface area contributed by atoms with E-state index >= 15 is 0 Å². The number of pyridine rings is 1. The first kappa shape index (κ1) is 24.4. The number of hydrogen-bond acceptors (Lipinski definition) is 5. The second-order valence-corrected chi connectivity index (χ2v) is 8.99. The van der Waals surface area contributed by atoms with Gasteiger partial charge in [0, 0.05) is 35.7 Å². The molecule has 0 bridgehead atoms. The Morgan fingerprint density at radius 1 is 1.03 bits per heavy atom. The first-order valence-corrected chi connectivity index (χ1v) is 11.9. The molecule has 2 amide bonds. The van der Waals surface area contributed by atoms with Gasteiger partial charge in [-0.1, -0.05) is 48.5 Å². The number of ether oxygens (including phenoxy) is 1. The van der Waals surface area contributed by atoms with Crippen LogP contribution in [0.2, 0.25) is 0 Å². The Morgan fingerprint density at radius 2 is 1.69 bits per heavy atom. The predicted octanol–water partition coefficient (Wildman–Crippen LogP) is 4.23. The second-order valence-electron chi connectivity index (χ2n) is 8.14. The van der Waals surface area contributed by atoms with Crippen LogP contribution in [-0.2, 0) is 20.9 Å². The quantitative estimate of drug-likeness (QED) is 0.376. The van der Waals surface area contributed by atoms with E-state index in [9.17, 15) is 14.4 Å². The number of hydrogen-bond donors (Lipinski definition) is 3. The predicted molar refractivity (Wildman–Crippen MR) is 133 cm³/mol. The number of amides is 2. The fourth-order valence-corrected chi connectivity index (χ4v) is 4.56. The average Bonchev–Trinajstić information content (AvgIpc) is 3.18. The first-order chi connectivity index (χ1) is 16.9. The molecular formula is C26H24BrN3O5. The molecule has 0 spiro atoms. The van der Waals surface area contributed by atoms with Crippen molar-refractivity contribution in [1.29, 1.82) is 0 Å². The third-order valence-electron chi connectivity index (χ3n) is 5.91. The van der Waals surface area contributed by atoms with Crippen LogP contribution in [0.25, 0.3) is 11.1 Å². The van der Waals surface area contributed by atoms with Crippen LogP contribution in [0.1, 0.15) is 35.4 Å². The second kappa shape index (κ2) is 11.1. The lowest BCUT2D eigenvalue weighted by molar-refractivity contribution is -0.137. The lowest BCUT2D eigenvalue weighted by atomic mass is 9.98. The Balaban J connectivity index is 1.39. The van der Waals surface area contributed by atoms with Gasteiger partial charge in [0.15, 0.2) is 0 Å². The fraction of sp³-hybridized carbons (Fsp3) is 0.231. The molecule has 0 aliphatic heterocycles. The minimum absolute atomic E-state index is 0.0666. The Morgan fingerprint density at radius 3 is 2.31 bits per heavy atom. The molecule has 35 heavy (non-hydrogen) atoms. The van der Waals surface area contributed by atoms with Crippen molar-refractivity contribution in [2.24, 2.45) is 0 Å². The summed E-state index contributed by atoms with van der Waals surface area (Å²) in [6.07, 6.45) is 2.09. The highest BCUT2D eigenvalue weighted by Crippen LogP contribution is 2.44. The Kier molecular flexibility index (Phi) is 7.77. The summed E-state index contributed by atoms with van der Waals surface area (Å²) < 4.78 is 6.24. The molecule has 0 saturated carbocycles. The van der Waals surface area contributed by atoms with Crippen molar-refractivity contribution in [3.8, 4) is 11.1 Å². The van der Waals surface area contributed by atoms with Crippen LogP contribution in [0.3, 0.4) is 0 Å². The van der Waals surface area contributed by atoms with E-state index in [1.807, 2.05) is 48.5 Å². The monoisotopic (exact) mass is 537 g/mol. The van der Waals surface area contributed by atoms with Crippen LogP contribution >= 0.6 is 15.9 Å². The number of nitrogens with zero attached hydrogens (tertiary/aromatic N) is 1. The highest BCUT2D eigenvalue weighted by Gasteiger charge is 2.30. The molecule has 0 fully saturated rings. The summed E-state index contributed by atoms with van der Waals surface area (Å²) in [5.41, 5.74) is 5.16. The lowest BCUT2D eigenvalue weighted by Gasteiger charge is -2.19. The SMILES string of the molecule is O=C(O)CCC(NC(=O)OCC1c2ccccc2-c2ccccc21)C(=O)NCc1ccncc1Br. The van der Waals surface area contributed by atoms with Crippen molar-refractivity contribution in [2.75, 3.05) is 6.61 Å². The third kappa shape index (κ3) is 5.86. The van der Waals surface area contributed by atoms with E-state index in [2.05, 4.69) is 31.5 Å². The van der Waals surface area contributed by atoms with Gasteiger partial charge in [0.2, 0.25) is 5.91 Å². The van der Waals surface area contributed by atoms with Crippen molar-refractivity contribution in [1.82, 2.24) is 15.6 Å². The summed E-state index contributed by atoms with van der Waals surface area (Å²) in [5, 5.41) is 14.3. The van der Waals surface area contributed by atoms with E-state index in [0.29, 0.717) is 0 Å². The van der Waals surface area contributed by atoms with Crippen molar-refractivity contribution in [3.05, 3.63) is 88.2 Å². The van der Waals surface area contributed by atoms with Crippen LogP contribution in [0, 0.1) is 0 Å². The Bertz CT molecular complexity index is 1200. The number of rotatable bonds is 9. The van der Waals surface area contributed by atoms with Crippen molar-refractivity contribution < 1.29 is 24.2 Å². The van der Waals surface area contributed by atoms with Gasteiger partial charge in [0.1, 0.15) is 12.6 Å². The van der Waals surface area contributed by atoms with Crippen LogP contribution in [0.15, 0.2) is 71.5 Å². The molecule has 1 aromatic heterocycles. The maximum Gasteiger partial charge on any atom is 0.407 e. The van der Waals surface area contributed by atoms with E-state index in [0.717, 1.165) is 32.3 Å². The number of aliphatic carboxylic acids is 1. The van der Waals surface area contributed by atoms with Gasteiger partial charge in [-0.3, -0.25) is 14.6 Å². The van der Waals surface area contributed by atoms with Gasteiger partial charge in [0.25, 0.3) is 0 Å². The molecule has 1 unspecified atom stereocenters. The maximum absolute atomic E-state index is 12.8. The number of carbonyl (C=O) groups excluding carboxylic acids is 2. The molecule has 0 saturated heterocycles. The summed E-state index contributed by atoms with van der Waals surface area (Å²) in [6, 6.07) is 16.7. The van der Waals surface area contributed by atoms with Crippen LogP contribution in [0.5, 0.6) is 0 Å². The van der Waals surface area contributed by atoms with Crippen molar-refractivity contribution in [2.45, 2.75) is 31.3 Å². The summed E-state index contributed by atoms with van der Waals surface area (Å²) >= 11 is 3.37. The molecule has 3 N–H and O–H groups in total. The highest BCUT2D eigenvalue weighted by molar-refractivity contribution is 9.10. The average molecular weight is 538 g/mol. The number of carboxylic acid groups (broad SMARTS) is 1. The zero-order chi connectivity index (χ0) is 24.8. The molecule has 2 aromatic carbocycles. The largest absolute Gasteiger partial charge is 0.481 e. The summed E-state index contributed by atoms with van der Waals surface area (Å²) in [6.45, 7) is 0.287. The standard InChI is InChI=1S/C26H24BrN3O5/c27-22-14-28-12-11-16(22)13-29-25(33)23(9-10-24(31)32)30-26(34)35-15-21-19-7-3-1-5-17(19)18-6-2-4-8-20(18)21/h1-8,11-12,14,21,23H,9-10,13,15H2,(H,29,33)(H,30,34)(H,31,32). The van der Waals surface area contributed by atoms with Crippen molar-refractivity contribution >= 4 is 33.9 Å². The summed E-state index contributed by atoms with van der Waals surface area (Å²) in [5.74, 6) is -1.68. The number of benzene rings is 2. The van der Waals surface area contributed by atoms with E-state index in [1.54, 1.807) is 18.5 Å². The lowest BCUT2D eigenvalue weighted by Crippen LogP contribution is -2.47. The molecule has 1 aliphatic carbocycles. The smallest absolute Gasteiger partial charge is 0.407 e. The number of carboxylic acids is 1. The highest BCUT2D eigenvalue weighted by atomic mass is 79.9. The molecule has 180 valence electrons. The van der Waals surface area contributed by atoms with Crippen LogP contribution in [-0.4, -0.2) is 40.7 Å². The third-order valence-corrected chi connectivity index (χ3v) is 6.62. The van der Waals surface area contributed by atoms with E-state index < -0.39 is 24.0 Å². The van der Waals surface area contributed by atoms with E-state index in [1.165, 1.54) is 0 Å². The van der Waals surface area contributed by atoms with Crippen molar-refractivity contribution in [3.63, 3.8) is 0 Å². The minimum atomic E-state index is -1.06. The Labute approximate surface area is 210 Å². The number of nitrogens with one attached hydrogen (secondary N) is 2. The Hall–Kier alpha value is -3.72. The number of aromatic nitrogens is 1. The fourth-order valence-electron chi connectivity index (χ4n) is 4.17. The zero-order valence-electron chi connectivity index (χ0n) is 18.7. The summed E-state index contributed by atoms with van der Waals surface area (Å²) in [7, 11) is 0. The van der Waals surface area contributed by atoms with Gasteiger partial charge in [0.05, 0.1) is 0 Å². The topological polar surface area (TPSA) is 118 Å². The molecular weight excluding hydrogens is 514 g/mol. The zero-order valence-corrected chi connectivity index (χ0v) is 20.3. The van der Waals surface area contributed by atoms with E-state index in [4.69, 9.17) is 9.84 Å². The molecule has 8 nitrogen and oxygen atoms in total. The number of fused-ring (bicyclic) bond motifs is 3. The molecule has 1 atom stereocenters. The number of alkyl carbamates (subject to hydrolysis) is 1. The number of halogens is 1. The van der Waals surface area contributed by atoms with Gasteiger partial charge in [-0.2, -0.15) is 0 Å². The molecule has 9 heteroatoms. The minimum Gasteiger partial charge on any atom is -0.481 e. The molecule has 3 aromatic rings. The van der Waals surface area contributed by atoms with Crippen LogP contribution < -0.4 is 10.6 Å². The normalized spacial score (nSPS) is 12.8. The van der Waals surface area contributed by atoms with Gasteiger partial charge < -0.3 is 20.5 Å². The molecule has 1 heterocycles.